The van der Waals surface area contributed by atoms with Gasteiger partial charge in [0.15, 0.2) is 11.6 Å². The molecule has 2 aromatic heterocycles. The number of nitrogens with zero attached hydrogens (tertiary/aromatic N) is 2. The van der Waals surface area contributed by atoms with Gasteiger partial charge in [-0.25, -0.2) is 14.4 Å². The van der Waals surface area contributed by atoms with Crippen LogP contribution in [-0.4, -0.2) is 34.9 Å². The van der Waals surface area contributed by atoms with Crippen LogP contribution in [0.15, 0.2) is 47.1 Å². The largest absolute Gasteiger partial charge is 0.487 e. The Morgan fingerprint density at radius 3 is 2.96 bits per heavy atom. The normalized spacial score (nSPS) is 10.7. The van der Waals surface area contributed by atoms with E-state index in [1.54, 1.807) is 12.1 Å². The van der Waals surface area contributed by atoms with E-state index in [9.17, 15) is 9.18 Å². The summed E-state index contributed by atoms with van der Waals surface area (Å²) in [5, 5.41) is 3.62. The third kappa shape index (κ3) is 4.21. The summed E-state index contributed by atoms with van der Waals surface area (Å²) < 4.78 is 23.6. The summed E-state index contributed by atoms with van der Waals surface area (Å²) in [6, 6.07) is 8.01. The molecule has 0 saturated heterocycles. The van der Waals surface area contributed by atoms with Crippen molar-refractivity contribution in [3.05, 3.63) is 47.9 Å². The van der Waals surface area contributed by atoms with E-state index < -0.39 is 5.82 Å². The van der Waals surface area contributed by atoms with E-state index >= 15 is 0 Å². The van der Waals surface area contributed by atoms with Crippen molar-refractivity contribution in [3.63, 3.8) is 0 Å². The Balaban J connectivity index is 1.42. The molecule has 3 rings (SSSR count). The Hall–Kier alpha value is -2.19. The molecule has 24 heavy (non-hydrogen) atoms. The van der Waals surface area contributed by atoms with Crippen LogP contribution in [0.1, 0.15) is 0 Å². The molecule has 0 bridgehead atoms. The van der Waals surface area contributed by atoms with Gasteiger partial charge in [-0.15, -0.1) is 11.3 Å². The Morgan fingerprint density at radius 1 is 1.21 bits per heavy atom. The number of thioether (sulfide) groups is 1. The van der Waals surface area contributed by atoms with Crippen molar-refractivity contribution in [1.29, 1.82) is 0 Å². The molecule has 1 aromatic carbocycles. The average molecular weight is 364 g/mol. The minimum absolute atomic E-state index is 0.0609. The van der Waals surface area contributed by atoms with Crippen LogP contribution in [0.2, 0.25) is 0 Å². The monoisotopic (exact) mass is 364 g/mol. The summed E-state index contributed by atoms with van der Waals surface area (Å²) in [5.41, 5.74) is 0. The molecule has 0 aliphatic carbocycles. The molecule has 0 N–H and O–H groups in total. The fraction of sp³-hybridized carbons (Fsp3) is 0.188. The number of thiophene rings is 1. The molecule has 0 atom stereocenters. The summed E-state index contributed by atoms with van der Waals surface area (Å²) in [6.45, 7) is 0.158. The molecule has 0 saturated carbocycles. The highest BCUT2D eigenvalue weighted by Crippen LogP contribution is 2.27. The predicted molar refractivity (Wildman–Crippen MR) is 91.0 cm³/mol. The van der Waals surface area contributed by atoms with Crippen molar-refractivity contribution in [3.8, 4) is 5.75 Å². The molecule has 0 unspecified atom stereocenters. The first-order valence-corrected chi connectivity index (χ1v) is 8.94. The first kappa shape index (κ1) is 16.7. The molecule has 2 heterocycles. The SMILES string of the molecule is O=C(CSc1ncnc2sccc12)OCCOc1ccccc1F. The van der Waals surface area contributed by atoms with Crippen LogP contribution in [-0.2, 0) is 9.53 Å². The van der Waals surface area contributed by atoms with Crippen LogP contribution in [0.4, 0.5) is 4.39 Å². The van der Waals surface area contributed by atoms with E-state index in [-0.39, 0.29) is 30.7 Å². The zero-order valence-corrected chi connectivity index (χ0v) is 14.1. The van der Waals surface area contributed by atoms with Crippen molar-refractivity contribution in [2.24, 2.45) is 0 Å². The van der Waals surface area contributed by atoms with Gasteiger partial charge in [0.25, 0.3) is 0 Å². The smallest absolute Gasteiger partial charge is 0.316 e. The highest BCUT2D eigenvalue weighted by molar-refractivity contribution is 8.00. The van der Waals surface area contributed by atoms with E-state index in [1.807, 2.05) is 11.4 Å². The van der Waals surface area contributed by atoms with Gasteiger partial charge < -0.3 is 9.47 Å². The Labute approximate surface area is 145 Å². The number of esters is 1. The molecule has 0 aliphatic rings. The highest BCUT2D eigenvalue weighted by Gasteiger charge is 2.10. The lowest BCUT2D eigenvalue weighted by molar-refractivity contribution is -0.141. The van der Waals surface area contributed by atoms with Crippen molar-refractivity contribution < 1.29 is 18.7 Å². The summed E-state index contributed by atoms with van der Waals surface area (Å²) in [7, 11) is 0. The van der Waals surface area contributed by atoms with Crippen molar-refractivity contribution in [2.45, 2.75) is 5.03 Å². The summed E-state index contributed by atoms with van der Waals surface area (Å²) >= 11 is 2.82. The summed E-state index contributed by atoms with van der Waals surface area (Å²) in [5.74, 6) is -0.535. The van der Waals surface area contributed by atoms with Crippen molar-refractivity contribution in [1.82, 2.24) is 9.97 Å². The fourth-order valence-corrected chi connectivity index (χ4v) is 3.50. The number of ether oxygens (including phenoxy) is 2. The second-order valence-corrected chi connectivity index (χ2v) is 6.46. The van der Waals surface area contributed by atoms with Gasteiger partial charge in [0.2, 0.25) is 0 Å². The van der Waals surface area contributed by atoms with Crippen LogP contribution in [0.3, 0.4) is 0 Å². The lowest BCUT2D eigenvalue weighted by atomic mass is 10.3. The number of benzene rings is 1. The minimum atomic E-state index is -0.442. The van der Waals surface area contributed by atoms with Gasteiger partial charge in [0, 0.05) is 5.39 Å². The maximum absolute atomic E-state index is 13.3. The van der Waals surface area contributed by atoms with E-state index in [2.05, 4.69) is 9.97 Å². The number of para-hydroxylation sites is 1. The highest BCUT2D eigenvalue weighted by atomic mass is 32.2. The maximum Gasteiger partial charge on any atom is 0.316 e. The first-order chi connectivity index (χ1) is 11.7. The quantitative estimate of drug-likeness (QED) is 0.277. The summed E-state index contributed by atoms with van der Waals surface area (Å²) in [6.07, 6.45) is 1.48. The number of hydrogen-bond donors (Lipinski definition) is 0. The average Bonchev–Trinajstić information content (AvgIpc) is 3.07. The number of aromatic nitrogens is 2. The topological polar surface area (TPSA) is 61.3 Å². The van der Waals surface area contributed by atoms with Crippen LogP contribution in [0, 0.1) is 5.82 Å². The van der Waals surface area contributed by atoms with E-state index in [0.717, 1.165) is 15.2 Å². The Bertz CT molecular complexity index is 841. The lowest BCUT2D eigenvalue weighted by Gasteiger charge is -2.08. The number of rotatable bonds is 7. The molecule has 0 spiro atoms. The summed E-state index contributed by atoms with van der Waals surface area (Å²) in [4.78, 5) is 21.0. The molecule has 0 fully saturated rings. The number of fused-ring (bicyclic) bond motifs is 1. The first-order valence-electron chi connectivity index (χ1n) is 7.08. The van der Waals surface area contributed by atoms with Crippen molar-refractivity contribution in [2.75, 3.05) is 19.0 Å². The van der Waals surface area contributed by atoms with Crippen molar-refractivity contribution >= 4 is 39.3 Å². The molecule has 0 amide bonds. The molecular formula is C16H13FN2O3S2. The molecule has 0 aliphatic heterocycles. The standard InChI is InChI=1S/C16H13FN2O3S2/c17-12-3-1-2-4-13(12)21-6-7-22-14(20)9-24-16-11-5-8-23-15(11)18-10-19-16/h1-5,8,10H,6-7,9H2. The predicted octanol–water partition coefficient (Wildman–Crippen LogP) is 3.54. The van der Waals surface area contributed by atoms with Gasteiger partial charge >= 0.3 is 5.97 Å². The third-order valence-corrected chi connectivity index (χ3v) is 4.79. The molecule has 3 aromatic rings. The second-order valence-electron chi connectivity index (χ2n) is 4.61. The molecule has 5 nitrogen and oxygen atoms in total. The maximum atomic E-state index is 13.3. The molecule has 8 heteroatoms. The van der Waals surface area contributed by atoms with Gasteiger partial charge in [-0.3, -0.25) is 4.79 Å². The number of halogens is 1. The van der Waals surface area contributed by atoms with Crippen LogP contribution >= 0.6 is 23.1 Å². The lowest BCUT2D eigenvalue weighted by Crippen LogP contribution is -2.14. The van der Waals surface area contributed by atoms with Gasteiger partial charge in [0.1, 0.15) is 29.4 Å². The zero-order valence-electron chi connectivity index (χ0n) is 12.5. The Kier molecular flexibility index (Phi) is 5.60. The van der Waals surface area contributed by atoms with E-state index in [1.165, 1.54) is 41.6 Å². The fourth-order valence-electron chi connectivity index (χ4n) is 1.92. The second kappa shape index (κ2) is 8.07. The van der Waals surface area contributed by atoms with Crippen LogP contribution < -0.4 is 4.74 Å². The molecule has 0 radical (unpaired) electrons. The third-order valence-electron chi connectivity index (χ3n) is 2.99. The van der Waals surface area contributed by atoms with Crippen LogP contribution in [0.5, 0.6) is 5.75 Å². The number of carbonyl (C=O) groups excluding carboxylic acids is 1. The molecular weight excluding hydrogens is 351 g/mol. The van der Waals surface area contributed by atoms with E-state index in [4.69, 9.17) is 9.47 Å². The molecule has 124 valence electrons. The number of carbonyl (C=O) groups is 1. The van der Waals surface area contributed by atoms with Crippen LogP contribution in [0.25, 0.3) is 10.2 Å². The van der Waals surface area contributed by atoms with E-state index in [0.29, 0.717) is 0 Å². The van der Waals surface area contributed by atoms with Gasteiger partial charge in [-0.1, -0.05) is 23.9 Å². The van der Waals surface area contributed by atoms with Gasteiger partial charge in [0.05, 0.1) is 5.75 Å². The number of hydrogen-bond acceptors (Lipinski definition) is 7. The minimum Gasteiger partial charge on any atom is -0.487 e. The van der Waals surface area contributed by atoms with Gasteiger partial charge in [-0.2, -0.15) is 0 Å². The zero-order chi connectivity index (χ0) is 16.8. The van der Waals surface area contributed by atoms with Gasteiger partial charge in [-0.05, 0) is 23.6 Å². The Morgan fingerprint density at radius 2 is 2.08 bits per heavy atom.